The van der Waals surface area contributed by atoms with E-state index in [9.17, 15) is 0 Å². The van der Waals surface area contributed by atoms with E-state index in [1.54, 1.807) is 0 Å². The van der Waals surface area contributed by atoms with Crippen LogP contribution in [0.1, 0.15) is 129 Å². The molecule has 0 radical (unpaired) electrons. The van der Waals surface area contributed by atoms with Crippen molar-refractivity contribution in [1.82, 2.24) is 0 Å². The Bertz CT molecular complexity index is 1030. The predicted octanol–water partition coefficient (Wildman–Crippen LogP) is 6.62. The standard InChI is InChI=1S/C30H39N2P.2C4H10O.2Li/c1-20(2)25-16-12-17-26(21(3)4)29(25)31-33(24-14-10-9-11-15-24)32-30-27(22(5)6)18-13-19-28(30)23(7)8;2*1-3-5-4-2;;/h9-23H,1-8H3;2*3-4H2,1-2H3;;/q-2;;;2*+1. The Kier molecular flexibility index (Phi) is 26.4. The van der Waals surface area contributed by atoms with Crippen molar-refractivity contribution in [1.29, 1.82) is 0 Å². The van der Waals surface area contributed by atoms with Crippen LogP contribution in [0.25, 0.3) is 10.2 Å². The topological polar surface area (TPSA) is 46.7 Å². The molecule has 3 rings (SSSR count). The molecule has 0 atom stereocenters. The molecular weight excluding hydrogens is 561 g/mol. The van der Waals surface area contributed by atoms with Crippen LogP contribution < -0.4 is 43.0 Å². The zero-order valence-corrected chi connectivity index (χ0v) is 32.0. The summed E-state index contributed by atoms with van der Waals surface area (Å²) in [6.45, 7) is 29.4. The summed E-state index contributed by atoms with van der Waals surface area (Å²) in [5.74, 6) is 1.63. The number of hydrogen-bond acceptors (Lipinski definition) is 2. The van der Waals surface area contributed by atoms with E-state index >= 15 is 0 Å². The van der Waals surface area contributed by atoms with Crippen molar-refractivity contribution in [2.45, 2.75) is 107 Å². The fourth-order valence-corrected chi connectivity index (χ4v) is 6.11. The summed E-state index contributed by atoms with van der Waals surface area (Å²) in [6.07, 6.45) is 0. The quantitative estimate of drug-likeness (QED) is 0.159. The molecule has 0 unspecified atom stereocenters. The van der Waals surface area contributed by atoms with Crippen LogP contribution in [0.5, 0.6) is 0 Å². The third-order valence-corrected chi connectivity index (χ3v) is 8.42. The molecule has 4 nitrogen and oxygen atoms in total. The molecule has 0 aliphatic heterocycles. The Balaban J connectivity index is 0. The van der Waals surface area contributed by atoms with Gasteiger partial charge in [-0.05, 0) is 51.4 Å². The maximum Gasteiger partial charge on any atom is 1.00 e. The van der Waals surface area contributed by atoms with Crippen molar-refractivity contribution in [2.24, 2.45) is 0 Å². The zero-order valence-electron chi connectivity index (χ0n) is 31.1. The van der Waals surface area contributed by atoms with E-state index in [4.69, 9.17) is 19.6 Å². The Morgan fingerprint density at radius 1 is 0.467 bits per heavy atom. The third kappa shape index (κ3) is 16.0. The first-order valence-corrected chi connectivity index (χ1v) is 17.5. The van der Waals surface area contributed by atoms with Crippen molar-refractivity contribution >= 4 is 24.9 Å². The minimum atomic E-state index is -1.12. The molecule has 3 aromatic carbocycles. The van der Waals surface area contributed by atoms with E-state index < -0.39 is 8.22 Å². The molecule has 45 heavy (non-hydrogen) atoms. The molecule has 0 fully saturated rings. The first-order chi connectivity index (χ1) is 20.5. The van der Waals surface area contributed by atoms with Gasteiger partial charge in [0.15, 0.2) is 0 Å². The molecule has 7 heteroatoms. The van der Waals surface area contributed by atoms with Gasteiger partial charge in [-0.2, -0.15) is 0 Å². The van der Waals surface area contributed by atoms with Crippen LogP contribution in [0.3, 0.4) is 0 Å². The summed E-state index contributed by atoms with van der Waals surface area (Å²) in [4.78, 5) is 0. The Morgan fingerprint density at radius 3 is 0.978 bits per heavy atom. The van der Waals surface area contributed by atoms with Gasteiger partial charge in [-0.15, -0.1) is 11.4 Å². The largest absolute Gasteiger partial charge is 1.00 e. The summed E-state index contributed by atoms with van der Waals surface area (Å²) < 4.78 is 9.67. The van der Waals surface area contributed by atoms with E-state index in [1.165, 1.54) is 27.6 Å². The summed E-state index contributed by atoms with van der Waals surface area (Å²) in [5.41, 5.74) is 7.49. The molecule has 3 aromatic rings. The maximum atomic E-state index is 5.47. The van der Waals surface area contributed by atoms with Gasteiger partial charge in [0.2, 0.25) is 0 Å². The number of ether oxygens (including phenoxy) is 2. The van der Waals surface area contributed by atoms with Gasteiger partial charge < -0.3 is 19.6 Å². The Labute approximate surface area is 302 Å². The molecule has 0 N–H and O–H groups in total. The van der Waals surface area contributed by atoms with Crippen molar-refractivity contribution in [3.63, 3.8) is 0 Å². The van der Waals surface area contributed by atoms with Gasteiger partial charge in [-0.1, -0.05) is 150 Å². The monoisotopic (exact) mass is 620 g/mol. The minimum Gasteiger partial charge on any atom is -0.670 e. The molecule has 0 aromatic heterocycles. The summed E-state index contributed by atoms with van der Waals surface area (Å²) in [5, 5.41) is 12.1. The van der Waals surface area contributed by atoms with Gasteiger partial charge in [0.05, 0.1) is 0 Å². The van der Waals surface area contributed by atoms with Crippen LogP contribution in [0, 0.1) is 0 Å². The molecule has 0 saturated carbocycles. The second-order valence-corrected chi connectivity index (χ2v) is 13.1. The van der Waals surface area contributed by atoms with E-state index in [1.807, 2.05) is 27.7 Å². The number of benzene rings is 3. The SMILES string of the molecule is CC(C)c1cccc(C(C)C)c1[N-]P([N-]c1c(C(C)C)cccc1C(C)C)c1ccccc1.CCOCC.CCOCC.[Li+].[Li+]. The fourth-order valence-electron chi connectivity index (χ4n) is 4.55. The fraction of sp³-hybridized carbons (Fsp3) is 0.526. The number of rotatable bonds is 13. The second kappa shape index (κ2) is 25.8. The van der Waals surface area contributed by atoms with Gasteiger partial charge in [0.1, 0.15) is 0 Å². The molecule has 0 spiro atoms. The first-order valence-electron chi connectivity index (χ1n) is 16.2. The van der Waals surface area contributed by atoms with Crippen LogP contribution in [0.2, 0.25) is 0 Å². The first kappa shape index (κ1) is 45.9. The van der Waals surface area contributed by atoms with Crippen molar-refractivity contribution in [2.75, 3.05) is 26.4 Å². The smallest absolute Gasteiger partial charge is 0.670 e. The van der Waals surface area contributed by atoms with Crippen molar-refractivity contribution in [3.05, 3.63) is 99.2 Å². The van der Waals surface area contributed by atoms with Gasteiger partial charge in [-0.25, -0.2) is 0 Å². The van der Waals surface area contributed by atoms with E-state index in [0.29, 0.717) is 23.7 Å². The van der Waals surface area contributed by atoms with Gasteiger partial charge in [-0.3, -0.25) is 8.22 Å². The summed E-state index contributed by atoms with van der Waals surface area (Å²) >= 11 is 0. The van der Waals surface area contributed by atoms with E-state index in [0.717, 1.165) is 37.8 Å². The van der Waals surface area contributed by atoms with Crippen molar-refractivity contribution in [3.8, 4) is 0 Å². The molecule has 0 bridgehead atoms. The summed E-state index contributed by atoms with van der Waals surface area (Å²) in [7, 11) is -1.12. The van der Waals surface area contributed by atoms with Crippen LogP contribution in [0.4, 0.5) is 11.4 Å². The molecule has 0 aliphatic rings. The molecule has 0 saturated heterocycles. The number of nitrogens with zero attached hydrogens (tertiary/aromatic N) is 2. The molecule has 0 amide bonds. The van der Waals surface area contributed by atoms with Gasteiger partial charge >= 0.3 is 37.7 Å². The normalized spacial score (nSPS) is 10.5. The van der Waals surface area contributed by atoms with Gasteiger partial charge in [0.25, 0.3) is 0 Å². The van der Waals surface area contributed by atoms with Crippen LogP contribution >= 0.6 is 8.22 Å². The maximum absolute atomic E-state index is 5.47. The molecule has 240 valence electrons. The minimum absolute atomic E-state index is 0. The van der Waals surface area contributed by atoms with E-state index in [-0.39, 0.29) is 37.7 Å². The third-order valence-electron chi connectivity index (χ3n) is 6.88. The average molecular weight is 621 g/mol. The molecule has 0 aliphatic carbocycles. The van der Waals surface area contributed by atoms with Crippen LogP contribution in [-0.4, -0.2) is 26.4 Å². The molecular formula is C38H59Li2N2O2P. The average Bonchev–Trinajstić information content (AvgIpc) is 2.98. The zero-order chi connectivity index (χ0) is 32.4. The van der Waals surface area contributed by atoms with Crippen LogP contribution in [0.15, 0.2) is 66.7 Å². The van der Waals surface area contributed by atoms with E-state index in [2.05, 4.69) is 122 Å². The molecule has 0 heterocycles. The van der Waals surface area contributed by atoms with Crippen LogP contribution in [-0.2, 0) is 9.47 Å². The Morgan fingerprint density at radius 2 is 0.756 bits per heavy atom. The number of hydrogen-bond donors (Lipinski definition) is 0. The Hall–Kier alpha value is -1.20. The van der Waals surface area contributed by atoms with Crippen molar-refractivity contribution < 1.29 is 47.2 Å². The summed E-state index contributed by atoms with van der Waals surface area (Å²) in [6, 6.07) is 23.9. The second-order valence-electron chi connectivity index (χ2n) is 11.6. The predicted molar refractivity (Wildman–Crippen MR) is 193 cm³/mol. The van der Waals surface area contributed by atoms with Gasteiger partial charge in [0, 0.05) is 26.4 Å².